The fourth-order valence-corrected chi connectivity index (χ4v) is 11.7. The molecule has 3 saturated heterocycles. The van der Waals surface area contributed by atoms with Crippen LogP contribution in [0.15, 0.2) is 54.9 Å². The highest BCUT2D eigenvalue weighted by Gasteiger charge is 2.54. The number of nitrogens with one attached hydrogen (secondary N) is 2. The van der Waals surface area contributed by atoms with Crippen LogP contribution in [0.4, 0.5) is 13.2 Å². The van der Waals surface area contributed by atoms with Gasteiger partial charge in [0.15, 0.2) is 42.4 Å². The van der Waals surface area contributed by atoms with Crippen molar-refractivity contribution in [2.75, 3.05) is 26.4 Å². The Labute approximate surface area is 478 Å². The zero-order valence-corrected chi connectivity index (χ0v) is 45.7. The number of aliphatic hydroxyl groups excluding tert-OH is 8. The van der Waals surface area contributed by atoms with E-state index in [1.807, 2.05) is 0 Å². The van der Waals surface area contributed by atoms with E-state index in [-0.39, 0.29) is 49.6 Å². The molecule has 2 aromatic carbocycles. The Hall–Kier alpha value is -5.68. The van der Waals surface area contributed by atoms with Crippen LogP contribution >= 0.6 is 0 Å². The van der Waals surface area contributed by atoms with Crippen LogP contribution in [0.2, 0.25) is 0 Å². The second kappa shape index (κ2) is 27.8. The highest BCUT2D eigenvalue weighted by molar-refractivity contribution is 5.79. The Balaban J connectivity index is 0.993. The van der Waals surface area contributed by atoms with Crippen molar-refractivity contribution in [2.24, 2.45) is 11.8 Å². The van der Waals surface area contributed by atoms with Crippen molar-refractivity contribution in [3.63, 3.8) is 0 Å². The summed E-state index contributed by atoms with van der Waals surface area (Å²) >= 11 is 0. The number of hydrogen-bond acceptors (Lipinski definition) is 22. The highest BCUT2D eigenvalue weighted by Crippen LogP contribution is 2.42. The lowest BCUT2D eigenvalue weighted by Crippen LogP contribution is -2.67. The van der Waals surface area contributed by atoms with E-state index in [4.69, 9.17) is 33.2 Å². The first-order chi connectivity index (χ1) is 40.2. The normalized spacial score (nSPS) is 34.4. The number of rotatable bonds is 21. The Morgan fingerprint density at radius 3 is 2.05 bits per heavy atom. The van der Waals surface area contributed by atoms with Gasteiger partial charge in [0, 0.05) is 30.5 Å². The fraction of sp³-hybridized carbons (Fsp3) is 0.648. The van der Waals surface area contributed by atoms with E-state index in [1.54, 1.807) is 36.5 Å². The average Bonchev–Trinajstić information content (AvgIpc) is 2.55. The molecule has 4 aromatic rings. The minimum atomic E-state index is -1.86. The number of carbonyl (C=O) groups excluding carboxylic acids is 2. The quantitative estimate of drug-likeness (QED) is 0.0366. The number of halogens is 3. The van der Waals surface area contributed by atoms with Gasteiger partial charge in [-0.15, -0.1) is 10.2 Å². The molecule has 30 heteroatoms. The smallest absolute Gasteiger partial charge is 0.332 e. The number of carboxylic acids is 1. The third-order valence-electron chi connectivity index (χ3n) is 16.2. The average molecular weight is 1190 g/mol. The van der Waals surface area contributed by atoms with Crippen LogP contribution in [0.3, 0.4) is 0 Å². The lowest BCUT2D eigenvalue weighted by molar-refractivity contribution is -0.337. The van der Waals surface area contributed by atoms with Crippen molar-refractivity contribution in [3.8, 4) is 22.5 Å². The maximum absolute atomic E-state index is 14.6. The van der Waals surface area contributed by atoms with E-state index in [9.17, 15) is 73.5 Å². The first-order valence-corrected chi connectivity index (χ1v) is 27.9. The molecule has 3 aliphatic heterocycles. The molecule has 11 N–H and O–H groups in total. The molecule has 5 heterocycles. The molecule has 2 aliphatic carbocycles. The number of aliphatic hydroxyl groups is 8. The molecule has 462 valence electrons. The molecule has 0 spiro atoms. The molecule has 5 fully saturated rings. The van der Waals surface area contributed by atoms with Crippen molar-refractivity contribution in [1.82, 2.24) is 40.6 Å². The monoisotopic (exact) mass is 1190 g/mol. The van der Waals surface area contributed by atoms with Gasteiger partial charge in [-0.2, -0.15) is 0 Å². The Bertz CT molecular complexity index is 2820. The number of amides is 2. The maximum atomic E-state index is 14.6. The first-order valence-electron chi connectivity index (χ1n) is 27.9. The van der Waals surface area contributed by atoms with Crippen LogP contribution in [-0.4, -0.2) is 224 Å². The zero-order chi connectivity index (χ0) is 60.1. The van der Waals surface area contributed by atoms with Crippen LogP contribution in [-0.2, 0) is 47.5 Å². The van der Waals surface area contributed by atoms with Crippen molar-refractivity contribution < 1.29 is 107 Å². The molecule has 27 nitrogen and oxygen atoms in total. The Morgan fingerprint density at radius 2 is 1.38 bits per heavy atom. The van der Waals surface area contributed by atoms with Gasteiger partial charge >= 0.3 is 5.97 Å². The SMILES string of the molecule is CC(=O)NC1C(O[C@@H](CC2CCCCC2)C(=O)O)[C@@H](O)C(CO)O[C@H]1O[C@@H]1CC(C(=O)NCCO[C@H]2OC(CO)[C@@H](O)C(n3cc(-c4cc(F)c(F)c(F)c4)nn3)C2O)CC(n2cc(-c3ccccc3)nn2)C1O[C@@H]1OC(C)[C@@H](O)C(O)C1O. The van der Waals surface area contributed by atoms with Gasteiger partial charge in [0.1, 0.15) is 84.5 Å². The second-order valence-electron chi connectivity index (χ2n) is 21.9. The van der Waals surface area contributed by atoms with Gasteiger partial charge in [0.25, 0.3) is 0 Å². The van der Waals surface area contributed by atoms with Gasteiger partial charge in [0.2, 0.25) is 11.8 Å². The molecular formula is C54H71F3N8O19. The number of nitrogens with zero attached hydrogens (tertiary/aromatic N) is 6. The number of aliphatic carboxylic acids is 1. The highest BCUT2D eigenvalue weighted by atomic mass is 19.2. The molecule has 0 bridgehead atoms. The number of aromatic nitrogens is 6. The molecule has 2 aromatic heterocycles. The van der Waals surface area contributed by atoms with E-state index in [1.165, 1.54) is 11.6 Å². The molecule has 84 heavy (non-hydrogen) atoms. The van der Waals surface area contributed by atoms with E-state index >= 15 is 0 Å². The summed E-state index contributed by atoms with van der Waals surface area (Å²) in [6.45, 7) is 0.320. The molecule has 2 saturated carbocycles. The third kappa shape index (κ3) is 14.1. The molecular weight excluding hydrogens is 1120 g/mol. The van der Waals surface area contributed by atoms with Crippen molar-refractivity contribution in [1.29, 1.82) is 0 Å². The molecule has 0 radical (unpaired) electrons. The number of carboxylic acid groups (broad SMARTS) is 1. The summed E-state index contributed by atoms with van der Waals surface area (Å²) in [5.74, 6) is -8.45. The van der Waals surface area contributed by atoms with Gasteiger partial charge in [-0.3, -0.25) is 9.59 Å². The summed E-state index contributed by atoms with van der Waals surface area (Å²) < 4.78 is 87.6. The van der Waals surface area contributed by atoms with Gasteiger partial charge < -0.3 is 89.8 Å². The van der Waals surface area contributed by atoms with Gasteiger partial charge in [-0.05, 0) is 44.2 Å². The number of benzene rings is 2. The summed E-state index contributed by atoms with van der Waals surface area (Å²) in [7, 11) is 0. The lowest BCUT2D eigenvalue weighted by atomic mass is 9.80. The predicted molar refractivity (Wildman–Crippen MR) is 277 cm³/mol. The van der Waals surface area contributed by atoms with Crippen LogP contribution in [0.25, 0.3) is 22.5 Å². The van der Waals surface area contributed by atoms with Crippen molar-refractivity contribution >= 4 is 17.8 Å². The van der Waals surface area contributed by atoms with Gasteiger partial charge in [-0.1, -0.05) is 72.9 Å². The molecule has 5 aliphatic rings. The van der Waals surface area contributed by atoms with E-state index in [0.717, 1.165) is 49.9 Å². The van der Waals surface area contributed by atoms with E-state index in [2.05, 4.69) is 31.3 Å². The van der Waals surface area contributed by atoms with Crippen LogP contribution in [0.1, 0.15) is 77.3 Å². The van der Waals surface area contributed by atoms with Gasteiger partial charge in [-0.25, -0.2) is 27.3 Å². The zero-order valence-electron chi connectivity index (χ0n) is 45.7. The molecule has 20 atom stereocenters. The van der Waals surface area contributed by atoms with Crippen LogP contribution in [0.5, 0.6) is 0 Å². The summed E-state index contributed by atoms with van der Waals surface area (Å²) in [6.07, 6.45) is -18.4. The standard InChI is InChI=1S/C54H71F3N8O19/c1-24-42(69)46(73)47(74)54(79-24)84-48-34(64-20-32(60-62-64)27-11-7-4-8-12-27)18-29(19-35(48)81-52-40(59-25(2)68)49(44(71)38(23-67)82-52)80-36(51(76)77)15-26-9-5-3-6-10-26)50(75)58-13-14-78-53-45(72)41(43(70)37(22-66)83-53)65-21-33(61-63-65)28-16-30(55)39(57)31(56)17-28/h4,7-8,11-12,16-17,20-21,24,26,29,34-38,40-49,52-54,66-67,69-74H,3,5-6,9-10,13-15,18-19,22-23H2,1-2H3,(H,58,75)(H,59,68)(H,76,77)/t24?,29?,34?,35-,36+,37?,38?,40?,41?,42-,43-,44+,45?,46?,47?,48?,49?,52-,53+,54+/m1/s1. The molecule has 2 amide bonds. The Morgan fingerprint density at radius 1 is 0.738 bits per heavy atom. The molecule has 9 rings (SSSR count). The summed E-state index contributed by atoms with van der Waals surface area (Å²) in [5, 5.41) is 121. The van der Waals surface area contributed by atoms with Crippen molar-refractivity contribution in [2.45, 2.75) is 182 Å². The van der Waals surface area contributed by atoms with Crippen LogP contribution < -0.4 is 10.6 Å². The summed E-state index contributed by atoms with van der Waals surface area (Å²) in [5.41, 5.74) is 0.650. The number of hydrogen-bond donors (Lipinski definition) is 11. The van der Waals surface area contributed by atoms with Crippen LogP contribution in [0, 0.1) is 29.3 Å². The minimum Gasteiger partial charge on any atom is -0.479 e. The van der Waals surface area contributed by atoms with E-state index in [0.29, 0.717) is 23.4 Å². The maximum Gasteiger partial charge on any atom is 0.332 e. The molecule has 12 unspecified atom stereocenters. The topological polar surface area (TPSA) is 383 Å². The van der Waals surface area contributed by atoms with Gasteiger partial charge in [0.05, 0.1) is 50.5 Å². The number of ether oxygens (including phenoxy) is 7. The predicted octanol–water partition coefficient (Wildman–Crippen LogP) is -0.625. The van der Waals surface area contributed by atoms with E-state index < -0.39 is 171 Å². The lowest BCUT2D eigenvalue weighted by Gasteiger charge is -2.49. The first kappa shape index (κ1) is 62.8. The fourth-order valence-electron chi connectivity index (χ4n) is 11.7. The minimum absolute atomic E-state index is 0.0188. The summed E-state index contributed by atoms with van der Waals surface area (Å²) in [6, 6.07) is 6.24. The number of carbonyl (C=O) groups is 3. The summed E-state index contributed by atoms with van der Waals surface area (Å²) in [4.78, 5) is 40.6. The Kier molecular flexibility index (Phi) is 20.8. The second-order valence-corrected chi connectivity index (χ2v) is 21.9. The third-order valence-corrected chi connectivity index (χ3v) is 16.2. The largest absolute Gasteiger partial charge is 0.479 e. The van der Waals surface area contributed by atoms with Crippen molar-refractivity contribution in [3.05, 3.63) is 72.3 Å².